The first-order valence-electron chi connectivity index (χ1n) is 31.3. The van der Waals surface area contributed by atoms with E-state index in [1.165, 1.54) is 104 Å². The van der Waals surface area contributed by atoms with Crippen LogP contribution in [0.2, 0.25) is 0 Å². The zero-order valence-electron chi connectivity index (χ0n) is 59.5. The van der Waals surface area contributed by atoms with Gasteiger partial charge in [-0.3, -0.25) is 50.8 Å². The van der Waals surface area contributed by atoms with Gasteiger partial charge < -0.3 is 44.6 Å². The molecule has 0 unspecified atom stereocenters. The molecule has 6 aromatic carbocycles. The number of carboxylic acid groups (broad SMARTS) is 2. The summed E-state index contributed by atoms with van der Waals surface area (Å²) in [6.07, 6.45) is 16.0. The van der Waals surface area contributed by atoms with Gasteiger partial charge in [0.1, 0.15) is 11.5 Å². The number of aromatic carboxylic acids is 2. The SMILES string of the molecule is CC(C)(C)c1cc[c-]c(-c2ccccn2)c1.CC(C)(C)c1cc[c-]c(-c2nccc3ccccc23)c1.O=C(O)c1cnccn1.O=C(O)c1cnccn1.[C-]#[N+]c1c(F)c[c-]c(-c2cc(OC)ccn2)c1F.[C-]#[N+]c1c(F)c[c-]c(-c2cc(OC)ccn2)c1F.[C-]#[N+]c1c(F)c[c-]c(-c2ccccn2)c1F.[Ir].[Ir].[Ir].[Ir].[Ir]. The number of halogens is 6. The van der Waals surface area contributed by atoms with Crippen molar-refractivity contribution in [1.82, 2.24) is 44.9 Å². The van der Waals surface area contributed by atoms with Gasteiger partial charge in [0.15, 0.2) is 28.5 Å². The van der Waals surface area contributed by atoms with Crippen LogP contribution in [0.3, 0.4) is 0 Å². The monoisotopic (exact) mass is 2390 g/mol. The van der Waals surface area contributed by atoms with Crippen LogP contribution in [0.15, 0.2) is 214 Å². The number of aromatic nitrogens is 9. The van der Waals surface area contributed by atoms with E-state index in [2.05, 4.69) is 180 Å². The molecule has 577 valence electrons. The van der Waals surface area contributed by atoms with Gasteiger partial charge in [0.05, 0.1) is 46.3 Å². The predicted molar refractivity (Wildman–Crippen MR) is 387 cm³/mol. The van der Waals surface area contributed by atoms with Crippen LogP contribution in [0.25, 0.3) is 81.6 Å². The topological polar surface area (TPSA) is 222 Å². The number of pyridine rings is 5. The molecule has 0 spiro atoms. The van der Waals surface area contributed by atoms with E-state index in [0.717, 1.165) is 40.7 Å². The van der Waals surface area contributed by atoms with Gasteiger partial charge in [-0.15, -0.1) is 124 Å². The molecule has 0 bridgehead atoms. The number of carboxylic acids is 2. The minimum Gasteiger partial charge on any atom is -0.497 e. The second kappa shape index (κ2) is 47.4. The van der Waals surface area contributed by atoms with Crippen molar-refractivity contribution in [3.05, 3.63) is 336 Å². The molecule has 0 amide bonds. The molecular formula is C82H61F6Ir5N12O6-5. The maximum absolute atomic E-state index is 13.9. The van der Waals surface area contributed by atoms with Crippen LogP contribution in [0, 0.1) is 85.0 Å². The Morgan fingerprint density at radius 1 is 0.414 bits per heavy atom. The number of carbonyl (C=O) groups is 2. The van der Waals surface area contributed by atoms with Gasteiger partial charge in [0, 0.05) is 191 Å². The third kappa shape index (κ3) is 28.0. The van der Waals surface area contributed by atoms with Crippen LogP contribution < -0.4 is 9.47 Å². The van der Waals surface area contributed by atoms with Crippen molar-refractivity contribution < 1.29 is 156 Å². The van der Waals surface area contributed by atoms with Crippen LogP contribution >= 0.6 is 0 Å². The minimum absolute atomic E-state index is 0. The molecule has 29 heteroatoms. The average Bonchev–Trinajstić information content (AvgIpc) is 0.807. The molecule has 111 heavy (non-hydrogen) atoms. The van der Waals surface area contributed by atoms with E-state index < -0.39 is 63.9 Å². The van der Waals surface area contributed by atoms with E-state index in [1.807, 2.05) is 48.8 Å². The number of hydrogen-bond acceptors (Lipinski definition) is 13. The molecule has 7 aromatic heterocycles. The van der Waals surface area contributed by atoms with Gasteiger partial charge in [-0.05, 0) is 92.5 Å². The molecule has 0 aliphatic carbocycles. The van der Waals surface area contributed by atoms with E-state index >= 15 is 0 Å². The van der Waals surface area contributed by atoms with Crippen molar-refractivity contribution in [2.24, 2.45) is 0 Å². The molecule has 7 heterocycles. The average molecular weight is 2390 g/mol. The number of fused-ring (bicyclic) bond motifs is 1. The van der Waals surface area contributed by atoms with E-state index in [9.17, 15) is 35.9 Å². The first-order valence-corrected chi connectivity index (χ1v) is 31.3. The number of hydrogen-bond donors (Lipinski definition) is 2. The predicted octanol–water partition coefficient (Wildman–Crippen LogP) is 19.3. The third-order valence-corrected chi connectivity index (χ3v) is 14.5. The zero-order chi connectivity index (χ0) is 76.9. The van der Waals surface area contributed by atoms with Crippen molar-refractivity contribution >= 4 is 39.8 Å². The molecule has 0 saturated heterocycles. The fraction of sp³-hybridized carbons (Fsp3) is 0.122. The van der Waals surface area contributed by atoms with E-state index in [1.54, 1.807) is 30.3 Å². The Kier molecular flexibility index (Phi) is 41.2. The number of methoxy groups -OCH3 is 2. The zero-order valence-corrected chi connectivity index (χ0v) is 71.5. The number of ether oxygens (including phenoxy) is 2. The van der Waals surface area contributed by atoms with Gasteiger partial charge in [0.2, 0.25) is 0 Å². The van der Waals surface area contributed by atoms with E-state index in [-0.39, 0.29) is 151 Å². The Hall–Kier alpha value is -10.7. The molecule has 0 fully saturated rings. The smallest absolute Gasteiger partial charge is 0.356 e. The molecular weight excluding hydrogens is 2320 g/mol. The maximum Gasteiger partial charge on any atom is 0.356 e. The molecule has 13 aromatic rings. The van der Waals surface area contributed by atoms with Gasteiger partial charge in [-0.2, -0.15) is 0 Å². The van der Waals surface area contributed by atoms with Gasteiger partial charge >= 0.3 is 11.9 Å². The standard InChI is InChI=1S/C19H18N.C15H16N.2C13H7F2N2O.C12H5F2N2.2C5H4N2O2.5Ir/c1-19(2,3)16-9-6-8-15(13-16)18-17-10-5-4-7-14(17)11-12-20-18;1-15(2,3)13-8-6-7-12(11-13)14-9-4-5-10-16-14;2*1-16-13-10(14)4-3-9(12(13)15)11-7-8(18-2)5-6-17-11;1-15-12-9(13)6-5-8(11(12)14)10-4-2-3-7-16-10;2*8-5(9)4-3-6-1-2-7-4;;;;;/h4-7,9-13H,1-3H3;4-6,8-11H,1-3H3;2*4-7H,2H3;2-4,6-7H;2*1-3H,(H,8,9);;;;;/q5*-1;;;;;;;. The van der Waals surface area contributed by atoms with Crippen molar-refractivity contribution in [2.45, 2.75) is 52.4 Å². The summed E-state index contributed by atoms with van der Waals surface area (Å²) in [7, 11) is 2.93. The molecule has 5 radical (unpaired) electrons. The van der Waals surface area contributed by atoms with Crippen LogP contribution in [-0.2, 0) is 111 Å². The first kappa shape index (κ1) is 96.4. The molecule has 2 N–H and O–H groups in total. The fourth-order valence-electron chi connectivity index (χ4n) is 9.02. The summed E-state index contributed by atoms with van der Waals surface area (Å²) in [6.45, 7) is 33.5. The van der Waals surface area contributed by atoms with Crippen molar-refractivity contribution in [1.29, 1.82) is 0 Å². The largest absolute Gasteiger partial charge is 0.497 e. The molecule has 0 aliphatic heterocycles. The second-order valence-electron chi connectivity index (χ2n) is 23.6. The quantitative estimate of drug-likeness (QED) is 0.101. The summed E-state index contributed by atoms with van der Waals surface area (Å²) in [5, 5.41) is 19.0. The number of benzene rings is 6. The number of rotatable bonds is 9. The van der Waals surface area contributed by atoms with Crippen LogP contribution in [0.5, 0.6) is 11.5 Å². The normalized spacial score (nSPS) is 9.83. The third-order valence-electron chi connectivity index (χ3n) is 14.5. The Morgan fingerprint density at radius 2 is 0.793 bits per heavy atom. The summed E-state index contributed by atoms with van der Waals surface area (Å²) >= 11 is 0. The Bertz CT molecular complexity index is 5130. The summed E-state index contributed by atoms with van der Waals surface area (Å²) in [5.41, 5.74) is 5.72. The van der Waals surface area contributed by atoms with Crippen LogP contribution in [0.1, 0.15) is 73.6 Å². The van der Waals surface area contributed by atoms with Crippen LogP contribution in [0.4, 0.5) is 43.4 Å². The Labute approximate surface area is 705 Å². The second-order valence-corrected chi connectivity index (χ2v) is 23.6. The minimum atomic E-state index is -1.05. The van der Waals surface area contributed by atoms with E-state index in [0.29, 0.717) is 17.2 Å². The first-order chi connectivity index (χ1) is 50.8. The number of nitrogens with zero attached hydrogens (tertiary/aromatic N) is 12. The molecule has 0 saturated carbocycles. The fourth-order valence-corrected chi connectivity index (χ4v) is 9.02. The van der Waals surface area contributed by atoms with Crippen molar-refractivity contribution in [2.75, 3.05) is 14.2 Å². The van der Waals surface area contributed by atoms with Gasteiger partial charge in [0.25, 0.3) is 0 Å². The van der Waals surface area contributed by atoms with Crippen LogP contribution in [-0.4, -0.2) is 81.2 Å². The molecule has 0 aliphatic rings. The summed E-state index contributed by atoms with van der Waals surface area (Å²) < 4.78 is 90.8. The Morgan fingerprint density at radius 3 is 1.16 bits per heavy atom. The van der Waals surface area contributed by atoms with Crippen molar-refractivity contribution in [3.63, 3.8) is 0 Å². The molecule has 18 nitrogen and oxygen atoms in total. The summed E-state index contributed by atoms with van der Waals surface area (Å²) in [6, 6.07) is 56.7. The molecule has 0 atom stereocenters. The van der Waals surface area contributed by atoms with Gasteiger partial charge in [-0.1, -0.05) is 90.1 Å². The van der Waals surface area contributed by atoms with E-state index in [4.69, 9.17) is 39.4 Å². The summed E-state index contributed by atoms with van der Waals surface area (Å²) in [5.74, 6) is -6.77. The summed E-state index contributed by atoms with van der Waals surface area (Å²) in [4.78, 5) is 63.5. The molecule has 13 rings (SSSR count). The maximum atomic E-state index is 13.9. The van der Waals surface area contributed by atoms with Crippen molar-refractivity contribution in [3.8, 4) is 67.8 Å². The van der Waals surface area contributed by atoms with Gasteiger partial charge in [-0.25, -0.2) is 19.6 Å². The Balaban J connectivity index is 0.000000442.